The van der Waals surface area contributed by atoms with Crippen LogP contribution >= 0.6 is 0 Å². The second-order valence-corrected chi connectivity index (χ2v) is 7.61. The lowest BCUT2D eigenvalue weighted by atomic mass is 9.74. The van der Waals surface area contributed by atoms with Crippen molar-refractivity contribution in [3.63, 3.8) is 0 Å². The highest BCUT2D eigenvalue weighted by molar-refractivity contribution is 7.89. The van der Waals surface area contributed by atoms with Crippen LogP contribution in [0.15, 0.2) is 29.2 Å². The smallest absolute Gasteiger partial charge is 0.241 e. The monoisotopic (exact) mass is 296 g/mol. The zero-order chi connectivity index (χ0) is 14.8. The summed E-state index contributed by atoms with van der Waals surface area (Å²) in [7, 11) is -3.52. The molecule has 0 bridgehead atoms. The first-order valence-electron chi connectivity index (χ1n) is 7.20. The van der Waals surface area contributed by atoms with E-state index in [-0.39, 0.29) is 5.92 Å². The van der Waals surface area contributed by atoms with Crippen LogP contribution in [0.5, 0.6) is 0 Å². The fourth-order valence-corrected chi connectivity index (χ4v) is 4.66. The van der Waals surface area contributed by atoms with Crippen LogP contribution in [0.4, 0.5) is 0 Å². The predicted octanol–water partition coefficient (Wildman–Crippen LogP) is 2.18. The maximum atomic E-state index is 12.6. The van der Waals surface area contributed by atoms with Crippen molar-refractivity contribution in [3.8, 4) is 0 Å². The van der Waals surface area contributed by atoms with Crippen molar-refractivity contribution in [2.45, 2.75) is 50.0 Å². The Kier molecular flexibility index (Phi) is 4.52. The number of nitrogens with one attached hydrogen (secondary N) is 1. The van der Waals surface area contributed by atoms with Gasteiger partial charge in [0.05, 0.1) is 4.90 Å². The standard InChI is InChI=1S/C15H24N2O2S/c1-12-6-5-8-14(10-12)20(18,19)17-15(11-16)9-4-3-7-13(15)2/h5-6,8,10,13,17H,3-4,7,9,11,16H2,1-2H3. The summed E-state index contributed by atoms with van der Waals surface area (Å²) in [5, 5.41) is 0. The van der Waals surface area contributed by atoms with Crippen LogP contribution in [0.3, 0.4) is 0 Å². The van der Waals surface area contributed by atoms with E-state index in [2.05, 4.69) is 11.6 Å². The summed E-state index contributed by atoms with van der Waals surface area (Å²) in [6.07, 6.45) is 4.01. The van der Waals surface area contributed by atoms with Gasteiger partial charge in [-0.3, -0.25) is 0 Å². The lowest BCUT2D eigenvalue weighted by Crippen LogP contribution is -2.58. The van der Waals surface area contributed by atoms with E-state index in [1.165, 1.54) is 0 Å². The summed E-state index contributed by atoms with van der Waals surface area (Å²) >= 11 is 0. The Labute approximate surface area is 121 Å². The fourth-order valence-electron chi connectivity index (χ4n) is 3.02. The number of nitrogens with two attached hydrogens (primary N) is 1. The van der Waals surface area contributed by atoms with Crippen LogP contribution in [0.2, 0.25) is 0 Å². The minimum atomic E-state index is -3.52. The molecule has 112 valence electrons. The SMILES string of the molecule is Cc1cccc(S(=O)(=O)NC2(CN)CCCCC2C)c1. The Hall–Kier alpha value is -0.910. The number of hydrogen-bond donors (Lipinski definition) is 2. The van der Waals surface area contributed by atoms with E-state index in [1.807, 2.05) is 13.0 Å². The number of benzene rings is 1. The molecule has 0 aromatic heterocycles. The second kappa shape index (κ2) is 5.84. The molecule has 1 aromatic carbocycles. The van der Waals surface area contributed by atoms with Gasteiger partial charge in [0.25, 0.3) is 0 Å². The molecule has 0 heterocycles. The lowest BCUT2D eigenvalue weighted by Gasteiger charge is -2.42. The Morgan fingerprint density at radius 3 is 2.75 bits per heavy atom. The average molecular weight is 296 g/mol. The topological polar surface area (TPSA) is 72.2 Å². The van der Waals surface area contributed by atoms with Gasteiger partial charge in [0.1, 0.15) is 0 Å². The molecule has 1 aliphatic rings. The zero-order valence-electron chi connectivity index (χ0n) is 12.2. The molecule has 20 heavy (non-hydrogen) atoms. The van der Waals surface area contributed by atoms with E-state index < -0.39 is 15.6 Å². The highest BCUT2D eigenvalue weighted by Gasteiger charge is 2.40. The molecule has 1 fully saturated rings. The number of rotatable bonds is 4. The van der Waals surface area contributed by atoms with Crippen molar-refractivity contribution in [1.82, 2.24) is 4.72 Å². The summed E-state index contributed by atoms with van der Waals surface area (Å²) in [6.45, 7) is 4.32. The Bertz CT molecular complexity index is 571. The minimum absolute atomic E-state index is 0.265. The molecule has 3 N–H and O–H groups in total. The van der Waals surface area contributed by atoms with Crippen molar-refractivity contribution in [3.05, 3.63) is 29.8 Å². The van der Waals surface area contributed by atoms with E-state index in [1.54, 1.807) is 18.2 Å². The van der Waals surface area contributed by atoms with Gasteiger partial charge < -0.3 is 5.73 Å². The molecule has 5 heteroatoms. The molecule has 0 radical (unpaired) electrons. The van der Waals surface area contributed by atoms with Crippen LogP contribution in [0, 0.1) is 12.8 Å². The molecule has 4 nitrogen and oxygen atoms in total. The molecule has 0 spiro atoms. The van der Waals surface area contributed by atoms with Crippen LogP contribution in [-0.2, 0) is 10.0 Å². The molecule has 1 aromatic rings. The molecule has 1 saturated carbocycles. The molecule has 0 aliphatic heterocycles. The number of sulfonamides is 1. The summed E-state index contributed by atoms with van der Waals surface area (Å²) in [6, 6.07) is 6.98. The van der Waals surface area contributed by atoms with Crippen molar-refractivity contribution in [1.29, 1.82) is 0 Å². The van der Waals surface area contributed by atoms with Gasteiger partial charge >= 0.3 is 0 Å². The molecular formula is C15H24N2O2S. The first kappa shape index (κ1) is 15.5. The van der Waals surface area contributed by atoms with Crippen LogP contribution < -0.4 is 10.5 Å². The highest BCUT2D eigenvalue weighted by atomic mass is 32.2. The maximum absolute atomic E-state index is 12.6. The van der Waals surface area contributed by atoms with Gasteiger partial charge in [-0.2, -0.15) is 0 Å². The van der Waals surface area contributed by atoms with Crippen LogP contribution in [-0.4, -0.2) is 20.5 Å². The molecular weight excluding hydrogens is 272 g/mol. The first-order chi connectivity index (χ1) is 9.39. The molecule has 0 amide bonds. The third kappa shape index (κ3) is 3.05. The van der Waals surface area contributed by atoms with Crippen molar-refractivity contribution in [2.75, 3.05) is 6.54 Å². The van der Waals surface area contributed by atoms with Crippen molar-refractivity contribution in [2.24, 2.45) is 11.7 Å². The van der Waals surface area contributed by atoms with Gasteiger partial charge in [0.2, 0.25) is 10.0 Å². The van der Waals surface area contributed by atoms with E-state index >= 15 is 0 Å². The summed E-state index contributed by atoms with van der Waals surface area (Å²) in [5.74, 6) is 0.265. The van der Waals surface area contributed by atoms with Gasteiger partial charge in [-0.1, -0.05) is 31.9 Å². The van der Waals surface area contributed by atoms with Gasteiger partial charge in [0.15, 0.2) is 0 Å². The van der Waals surface area contributed by atoms with Crippen molar-refractivity contribution >= 4 is 10.0 Å². The van der Waals surface area contributed by atoms with E-state index in [0.29, 0.717) is 11.4 Å². The van der Waals surface area contributed by atoms with Gasteiger partial charge in [-0.15, -0.1) is 0 Å². The van der Waals surface area contributed by atoms with E-state index in [9.17, 15) is 8.42 Å². The fraction of sp³-hybridized carbons (Fsp3) is 0.600. The highest BCUT2D eigenvalue weighted by Crippen LogP contribution is 2.34. The van der Waals surface area contributed by atoms with Gasteiger partial charge in [0, 0.05) is 12.1 Å². The summed E-state index contributed by atoms with van der Waals surface area (Å²) < 4.78 is 28.1. The van der Waals surface area contributed by atoms with E-state index in [4.69, 9.17) is 5.73 Å². The van der Waals surface area contributed by atoms with Crippen LogP contribution in [0.25, 0.3) is 0 Å². The summed E-state index contributed by atoms with van der Waals surface area (Å²) in [4.78, 5) is 0.322. The first-order valence-corrected chi connectivity index (χ1v) is 8.69. The number of aryl methyl sites for hydroxylation is 1. The van der Waals surface area contributed by atoms with Gasteiger partial charge in [-0.25, -0.2) is 13.1 Å². The largest absolute Gasteiger partial charge is 0.329 e. The average Bonchev–Trinajstić information content (AvgIpc) is 2.41. The van der Waals surface area contributed by atoms with Crippen molar-refractivity contribution < 1.29 is 8.42 Å². The Balaban J connectivity index is 2.30. The van der Waals surface area contributed by atoms with E-state index in [0.717, 1.165) is 31.2 Å². The molecule has 1 aliphatic carbocycles. The third-order valence-electron chi connectivity index (χ3n) is 4.46. The third-order valence-corrected chi connectivity index (χ3v) is 6.00. The zero-order valence-corrected chi connectivity index (χ0v) is 13.0. The molecule has 2 atom stereocenters. The normalized spacial score (nSPS) is 27.4. The number of hydrogen-bond acceptors (Lipinski definition) is 3. The summed E-state index contributed by atoms with van der Waals surface area (Å²) in [5.41, 5.74) is 6.35. The Morgan fingerprint density at radius 1 is 1.40 bits per heavy atom. The maximum Gasteiger partial charge on any atom is 0.241 e. The molecule has 2 rings (SSSR count). The lowest BCUT2D eigenvalue weighted by molar-refractivity contribution is 0.191. The quantitative estimate of drug-likeness (QED) is 0.894. The predicted molar refractivity (Wildman–Crippen MR) is 80.9 cm³/mol. The van der Waals surface area contributed by atoms with Gasteiger partial charge in [-0.05, 0) is 43.4 Å². The Morgan fingerprint density at radius 2 is 2.15 bits per heavy atom. The minimum Gasteiger partial charge on any atom is -0.329 e. The molecule has 2 unspecified atom stereocenters. The van der Waals surface area contributed by atoms with Crippen LogP contribution in [0.1, 0.15) is 38.2 Å². The second-order valence-electron chi connectivity index (χ2n) is 5.93. The molecule has 0 saturated heterocycles.